The summed E-state index contributed by atoms with van der Waals surface area (Å²) >= 11 is 3.06. The second-order valence-electron chi connectivity index (χ2n) is 2.38. The summed E-state index contributed by atoms with van der Waals surface area (Å²) in [6.07, 6.45) is -2.77. The molecular formula is C7H8BrF2NO. The zero-order valence-electron chi connectivity index (χ0n) is 6.14. The predicted octanol–water partition coefficient (Wildman–Crippen LogP) is 2.70. The molecule has 0 saturated heterocycles. The molecule has 2 N–H and O–H groups in total. The Morgan fingerprint density at radius 2 is 2.17 bits per heavy atom. The lowest BCUT2D eigenvalue weighted by Gasteiger charge is -2.06. The van der Waals surface area contributed by atoms with Gasteiger partial charge in [0, 0.05) is 6.42 Å². The van der Waals surface area contributed by atoms with Crippen molar-refractivity contribution < 1.29 is 13.2 Å². The van der Waals surface area contributed by atoms with Crippen molar-refractivity contribution in [2.45, 2.75) is 18.9 Å². The molecule has 68 valence electrons. The number of hydrogen-bond acceptors (Lipinski definition) is 2. The minimum absolute atomic E-state index is 0.375. The molecule has 0 aromatic carbocycles. The van der Waals surface area contributed by atoms with Gasteiger partial charge < -0.3 is 10.2 Å². The van der Waals surface area contributed by atoms with Crippen LogP contribution in [0.4, 0.5) is 8.78 Å². The molecule has 1 rings (SSSR count). The highest BCUT2D eigenvalue weighted by Crippen LogP contribution is 2.22. The van der Waals surface area contributed by atoms with E-state index in [1.165, 1.54) is 0 Å². The van der Waals surface area contributed by atoms with Crippen molar-refractivity contribution in [2.24, 2.45) is 5.73 Å². The summed E-state index contributed by atoms with van der Waals surface area (Å²) in [4.78, 5) is 0. The molecule has 0 radical (unpaired) electrons. The Bertz CT molecular complexity index is 251. The average Bonchev–Trinajstić information content (AvgIpc) is 2.34. The number of rotatable bonds is 3. The maximum atomic E-state index is 11.8. The topological polar surface area (TPSA) is 39.2 Å². The van der Waals surface area contributed by atoms with Gasteiger partial charge >= 0.3 is 0 Å². The minimum Gasteiger partial charge on any atom is -0.453 e. The van der Waals surface area contributed by atoms with Crippen LogP contribution in [0.15, 0.2) is 21.2 Å². The van der Waals surface area contributed by atoms with Crippen LogP contribution < -0.4 is 5.73 Å². The number of hydrogen-bond donors (Lipinski definition) is 1. The van der Waals surface area contributed by atoms with Crippen molar-refractivity contribution in [2.75, 3.05) is 0 Å². The molecule has 12 heavy (non-hydrogen) atoms. The number of furan rings is 1. The molecule has 1 atom stereocenters. The lowest BCUT2D eigenvalue weighted by atomic mass is 10.2. The van der Waals surface area contributed by atoms with Crippen molar-refractivity contribution >= 4 is 15.9 Å². The SMILES string of the molecule is N[C@@H](CC(F)F)c1ccc(Br)o1. The lowest BCUT2D eigenvalue weighted by molar-refractivity contribution is 0.124. The first kappa shape index (κ1) is 9.67. The Kier molecular flexibility index (Phi) is 3.22. The van der Waals surface area contributed by atoms with Crippen molar-refractivity contribution in [3.8, 4) is 0 Å². The quantitative estimate of drug-likeness (QED) is 0.882. The molecule has 0 aliphatic rings. The summed E-state index contributed by atoms with van der Waals surface area (Å²) < 4.78 is 29.2. The van der Waals surface area contributed by atoms with Crippen molar-refractivity contribution in [1.82, 2.24) is 0 Å². The average molecular weight is 240 g/mol. The Morgan fingerprint density at radius 1 is 1.50 bits per heavy atom. The van der Waals surface area contributed by atoms with E-state index in [0.717, 1.165) is 0 Å². The van der Waals surface area contributed by atoms with Gasteiger partial charge in [-0.15, -0.1) is 0 Å². The monoisotopic (exact) mass is 239 g/mol. The third-order valence-corrected chi connectivity index (χ3v) is 1.82. The largest absolute Gasteiger partial charge is 0.453 e. The van der Waals surface area contributed by atoms with Gasteiger partial charge in [0.1, 0.15) is 5.76 Å². The summed E-state index contributed by atoms with van der Waals surface area (Å²) in [6, 6.07) is 2.48. The van der Waals surface area contributed by atoms with E-state index < -0.39 is 12.5 Å². The van der Waals surface area contributed by atoms with Gasteiger partial charge in [-0.1, -0.05) is 0 Å². The number of halogens is 3. The molecular weight excluding hydrogens is 232 g/mol. The Balaban J connectivity index is 2.58. The van der Waals surface area contributed by atoms with E-state index in [9.17, 15) is 8.78 Å². The van der Waals surface area contributed by atoms with Gasteiger partial charge in [0.25, 0.3) is 0 Å². The zero-order valence-corrected chi connectivity index (χ0v) is 7.72. The molecule has 0 saturated carbocycles. The fourth-order valence-electron chi connectivity index (χ4n) is 0.836. The first-order chi connectivity index (χ1) is 5.59. The minimum atomic E-state index is -2.40. The molecule has 0 aliphatic carbocycles. The first-order valence-corrected chi connectivity index (χ1v) is 4.18. The van der Waals surface area contributed by atoms with E-state index in [-0.39, 0.29) is 6.42 Å². The molecule has 0 aliphatic heterocycles. The smallest absolute Gasteiger partial charge is 0.240 e. The standard InChI is InChI=1S/C7H8BrF2NO/c8-6-2-1-5(12-6)4(11)3-7(9)10/h1-2,4,7H,3,11H2/t4-/m0/s1. The van der Waals surface area contributed by atoms with E-state index in [1.807, 2.05) is 0 Å². The van der Waals surface area contributed by atoms with Crippen LogP contribution in [0.2, 0.25) is 0 Å². The maximum Gasteiger partial charge on any atom is 0.240 e. The molecule has 1 aromatic rings. The molecule has 0 unspecified atom stereocenters. The van der Waals surface area contributed by atoms with Gasteiger partial charge in [-0.25, -0.2) is 8.78 Å². The van der Waals surface area contributed by atoms with Gasteiger partial charge in [-0.3, -0.25) is 0 Å². The van der Waals surface area contributed by atoms with E-state index >= 15 is 0 Å². The van der Waals surface area contributed by atoms with Crippen LogP contribution in [0, 0.1) is 0 Å². The Labute approximate surface area is 76.9 Å². The number of alkyl halides is 2. The van der Waals surface area contributed by atoms with Gasteiger partial charge in [0.15, 0.2) is 4.67 Å². The van der Waals surface area contributed by atoms with Crippen LogP contribution >= 0.6 is 15.9 Å². The van der Waals surface area contributed by atoms with Gasteiger partial charge in [-0.2, -0.15) is 0 Å². The van der Waals surface area contributed by atoms with Crippen LogP contribution in [0.25, 0.3) is 0 Å². The van der Waals surface area contributed by atoms with E-state index in [0.29, 0.717) is 10.4 Å². The van der Waals surface area contributed by atoms with Crippen LogP contribution in [-0.2, 0) is 0 Å². The van der Waals surface area contributed by atoms with Crippen molar-refractivity contribution in [1.29, 1.82) is 0 Å². The number of nitrogens with two attached hydrogens (primary N) is 1. The van der Waals surface area contributed by atoms with Crippen LogP contribution in [-0.4, -0.2) is 6.43 Å². The van der Waals surface area contributed by atoms with E-state index in [1.54, 1.807) is 12.1 Å². The molecule has 0 fully saturated rings. The molecule has 2 nitrogen and oxygen atoms in total. The third-order valence-electron chi connectivity index (χ3n) is 1.39. The predicted molar refractivity (Wildman–Crippen MR) is 44.0 cm³/mol. The Morgan fingerprint density at radius 3 is 2.58 bits per heavy atom. The fourth-order valence-corrected chi connectivity index (χ4v) is 1.15. The Hall–Kier alpha value is -0.420. The van der Waals surface area contributed by atoms with Crippen LogP contribution in [0.3, 0.4) is 0 Å². The fraction of sp³-hybridized carbons (Fsp3) is 0.429. The third kappa shape index (κ3) is 2.57. The normalized spacial score (nSPS) is 13.8. The highest BCUT2D eigenvalue weighted by Gasteiger charge is 2.15. The van der Waals surface area contributed by atoms with Crippen LogP contribution in [0.5, 0.6) is 0 Å². The van der Waals surface area contributed by atoms with Gasteiger partial charge in [-0.05, 0) is 28.1 Å². The van der Waals surface area contributed by atoms with Gasteiger partial charge in [0.2, 0.25) is 6.43 Å². The second kappa shape index (κ2) is 4.00. The molecule has 0 spiro atoms. The maximum absolute atomic E-state index is 11.8. The summed E-state index contributed by atoms with van der Waals surface area (Å²) in [5.41, 5.74) is 5.41. The van der Waals surface area contributed by atoms with Crippen molar-refractivity contribution in [3.63, 3.8) is 0 Å². The summed E-state index contributed by atoms with van der Waals surface area (Å²) in [6.45, 7) is 0. The molecule has 1 heterocycles. The summed E-state index contributed by atoms with van der Waals surface area (Å²) in [5, 5.41) is 0. The van der Waals surface area contributed by atoms with E-state index in [4.69, 9.17) is 10.2 Å². The van der Waals surface area contributed by atoms with E-state index in [2.05, 4.69) is 15.9 Å². The molecule has 0 bridgehead atoms. The summed E-state index contributed by atoms with van der Waals surface area (Å²) in [7, 11) is 0. The summed E-state index contributed by atoms with van der Waals surface area (Å²) in [5.74, 6) is 0.377. The van der Waals surface area contributed by atoms with Crippen LogP contribution in [0.1, 0.15) is 18.2 Å². The van der Waals surface area contributed by atoms with Gasteiger partial charge in [0.05, 0.1) is 6.04 Å². The first-order valence-electron chi connectivity index (χ1n) is 3.38. The second-order valence-corrected chi connectivity index (χ2v) is 3.16. The zero-order chi connectivity index (χ0) is 9.14. The molecule has 5 heteroatoms. The molecule has 0 amide bonds. The highest BCUT2D eigenvalue weighted by atomic mass is 79.9. The molecule has 1 aromatic heterocycles. The van der Waals surface area contributed by atoms with Crippen molar-refractivity contribution in [3.05, 3.63) is 22.6 Å². The lowest BCUT2D eigenvalue weighted by Crippen LogP contribution is -2.12. The highest BCUT2D eigenvalue weighted by molar-refractivity contribution is 9.10.